The lowest BCUT2D eigenvalue weighted by Crippen LogP contribution is -2.31. The topological polar surface area (TPSA) is 69.4 Å². The average molecular weight is 311 g/mol. The van der Waals surface area contributed by atoms with E-state index in [1.54, 1.807) is 4.68 Å². The Balaban J connectivity index is 1.89. The van der Waals surface area contributed by atoms with Gasteiger partial charge in [-0.25, -0.2) is 13.8 Å². The smallest absolute Gasteiger partial charge is 0.200 e. The van der Waals surface area contributed by atoms with Crippen LogP contribution in [-0.2, 0) is 21.8 Å². The van der Waals surface area contributed by atoms with Gasteiger partial charge in [-0.2, -0.15) is 5.10 Å². The van der Waals surface area contributed by atoms with Gasteiger partial charge in [-0.05, 0) is 12.1 Å². The summed E-state index contributed by atoms with van der Waals surface area (Å²) in [5.74, 6) is -2.81. The Hall–Kier alpha value is -1.90. The lowest BCUT2D eigenvalue weighted by Gasteiger charge is -2.28. The number of ether oxygens (including phenoxy) is 2. The van der Waals surface area contributed by atoms with Gasteiger partial charge in [0.2, 0.25) is 0 Å². The van der Waals surface area contributed by atoms with E-state index in [0.717, 1.165) is 12.1 Å². The molecule has 3 rings (SSSR count). The Labute approximate surface area is 125 Å². The zero-order valence-corrected chi connectivity index (χ0v) is 11.7. The van der Waals surface area contributed by atoms with E-state index in [1.807, 2.05) is 0 Å². The van der Waals surface area contributed by atoms with E-state index in [-0.39, 0.29) is 25.2 Å². The quantitative estimate of drug-likeness (QED) is 0.899. The molecule has 2 atom stereocenters. The number of hydrogen-bond donors (Lipinski definition) is 1. The second-order valence-corrected chi connectivity index (χ2v) is 5.02. The lowest BCUT2D eigenvalue weighted by atomic mass is 10.0. The Morgan fingerprint density at radius 2 is 2.27 bits per heavy atom. The van der Waals surface area contributed by atoms with E-state index in [2.05, 4.69) is 10.1 Å². The molecule has 0 radical (unpaired) electrons. The maximum atomic E-state index is 14.1. The van der Waals surface area contributed by atoms with Gasteiger partial charge >= 0.3 is 0 Å². The summed E-state index contributed by atoms with van der Waals surface area (Å²) in [5, 5.41) is 13.2. The van der Waals surface area contributed by atoms with Crippen LogP contribution in [0.4, 0.5) is 8.78 Å². The molecule has 2 heterocycles. The minimum Gasteiger partial charge on any atom is -0.394 e. The summed E-state index contributed by atoms with van der Waals surface area (Å²) >= 11 is 0. The summed E-state index contributed by atoms with van der Waals surface area (Å²) in [4.78, 5) is 3.83. The van der Waals surface area contributed by atoms with E-state index in [4.69, 9.17) is 9.47 Å². The molecule has 1 N–H and O–H groups in total. The summed E-state index contributed by atoms with van der Waals surface area (Å²) in [6.07, 6.45) is 2.60. The van der Waals surface area contributed by atoms with Crippen LogP contribution in [-0.4, -0.2) is 39.2 Å². The lowest BCUT2D eigenvalue weighted by molar-refractivity contribution is -0.188. The van der Waals surface area contributed by atoms with E-state index in [1.165, 1.54) is 18.7 Å². The third-order valence-electron chi connectivity index (χ3n) is 3.54. The Morgan fingerprint density at radius 3 is 2.91 bits per heavy atom. The highest BCUT2D eigenvalue weighted by molar-refractivity contribution is 5.24. The number of nitrogens with zero attached hydrogens (tertiary/aromatic N) is 3. The molecule has 8 heteroatoms. The minimum atomic E-state index is -1.38. The first-order valence-corrected chi connectivity index (χ1v) is 6.83. The first kappa shape index (κ1) is 15.0. The number of benzene rings is 1. The predicted octanol–water partition coefficient (Wildman–Crippen LogP) is 1.21. The van der Waals surface area contributed by atoms with E-state index in [0.29, 0.717) is 6.54 Å². The molecular weight excluding hydrogens is 296 g/mol. The molecule has 1 saturated heterocycles. The SMILES string of the molecule is OC[C@H]1CO[C@](CCn2cncn2)(c2ccc(F)cc2F)O1. The number of aliphatic hydroxyl groups excluding tert-OH is 1. The Bertz CT molecular complexity index is 638. The van der Waals surface area contributed by atoms with Crippen LogP contribution < -0.4 is 0 Å². The highest BCUT2D eigenvalue weighted by Crippen LogP contribution is 2.39. The molecule has 1 aromatic carbocycles. The molecule has 0 amide bonds. The molecule has 0 spiro atoms. The summed E-state index contributed by atoms with van der Waals surface area (Å²) < 4.78 is 40.2. The monoisotopic (exact) mass is 311 g/mol. The van der Waals surface area contributed by atoms with E-state index >= 15 is 0 Å². The van der Waals surface area contributed by atoms with Crippen LogP contribution in [0.2, 0.25) is 0 Å². The molecule has 1 aromatic heterocycles. The van der Waals surface area contributed by atoms with Crippen LogP contribution >= 0.6 is 0 Å². The van der Waals surface area contributed by atoms with Gasteiger partial charge < -0.3 is 14.6 Å². The van der Waals surface area contributed by atoms with Crippen molar-refractivity contribution in [1.29, 1.82) is 0 Å². The summed E-state index contributed by atoms with van der Waals surface area (Å²) in [7, 11) is 0. The number of aromatic nitrogens is 3. The highest BCUT2D eigenvalue weighted by Gasteiger charge is 2.44. The summed E-state index contributed by atoms with van der Waals surface area (Å²) in [5.41, 5.74) is 0.102. The largest absolute Gasteiger partial charge is 0.394 e. The second-order valence-electron chi connectivity index (χ2n) is 5.02. The molecule has 1 aliphatic heterocycles. The van der Waals surface area contributed by atoms with Crippen LogP contribution in [0, 0.1) is 11.6 Å². The standard InChI is InChI=1S/C14H15F2N3O3/c15-10-1-2-12(13(16)5-10)14(21-7-11(6-20)22-14)3-4-19-9-17-8-18-19/h1-2,5,8-9,11,20H,3-4,6-7H2/t11-,14-/m0/s1. The Morgan fingerprint density at radius 1 is 1.41 bits per heavy atom. The molecule has 1 fully saturated rings. The fourth-order valence-electron chi connectivity index (χ4n) is 2.47. The fourth-order valence-corrected chi connectivity index (χ4v) is 2.47. The Kier molecular flexibility index (Phi) is 4.14. The number of halogens is 2. The van der Waals surface area contributed by atoms with Crippen LogP contribution in [0.5, 0.6) is 0 Å². The number of hydrogen-bond acceptors (Lipinski definition) is 5. The van der Waals surface area contributed by atoms with Crippen molar-refractivity contribution in [1.82, 2.24) is 14.8 Å². The molecular formula is C14H15F2N3O3. The molecule has 0 saturated carbocycles. The normalized spacial score (nSPS) is 24.8. The van der Waals surface area contributed by atoms with Gasteiger partial charge in [-0.15, -0.1) is 0 Å². The van der Waals surface area contributed by atoms with Crippen molar-refractivity contribution >= 4 is 0 Å². The zero-order valence-electron chi connectivity index (χ0n) is 11.7. The van der Waals surface area contributed by atoms with Crippen molar-refractivity contribution in [2.45, 2.75) is 24.9 Å². The molecule has 6 nitrogen and oxygen atoms in total. The molecule has 0 bridgehead atoms. The fraction of sp³-hybridized carbons (Fsp3) is 0.429. The van der Waals surface area contributed by atoms with Crippen LogP contribution in [0.3, 0.4) is 0 Å². The highest BCUT2D eigenvalue weighted by atomic mass is 19.1. The third kappa shape index (κ3) is 2.85. The van der Waals surface area contributed by atoms with Crippen molar-refractivity contribution in [2.24, 2.45) is 0 Å². The van der Waals surface area contributed by atoms with Gasteiger partial charge in [-0.3, -0.25) is 4.68 Å². The van der Waals surface area contributed by atoms with Crippen molar-refractivity contribution in [2.75, 3.05) is 13.2 Å². The van der Waals surface area contributed by atoms with E-state index in [9.17, 15) is 13.9 Å². The molecule has 118 valence electrons. The number of rotatable bonds is 5. The maximum Gasteiger partial charge on any atom is 0.200 e. The van der Waals surface area contributed by atoms with E-state index < -0.39 is 23.5 Å². The molecule has 0 aliphatic carbocycles. The van der Waals surface area contributed by atoms with Gasteiger partial charge in [0, 0.05) is 24.6 Å². The zero-order chi connectivity index (χ0) is 15.6. The first-order chi connectivity index (χ1) is 10.6. The molecule has 1 aliphatic rings. The van der Waals surface area contributed by atoms with Gasteiger partial charge in [-0.1, -0.05) is 0 Å². The predicted molar refractivity (Wildman–Crippen MR) is 70.6 cm³/mol. The summed E-state index contributed by atoms with van der Waals surface area (Å²) in [6.45, 7) is 0.257. The van der Waals surface area contributed by atoms with Crippen LogP contribution in [0.25, 0.3) is 0 Å². The van der Waals surface area contributed by atoms with Crippen molar-refractivity contribution in [3.63, 3.8) is 0 Å². The van der Waals surface area contributed by atoms with Crippen LogP contribution in [0.15, 0.2) is 30.9 Å². The van der Waals surface area contributed by atoms with Crippen molar-refractivity contribution in [3.05, 3.63) is 48.1 Å². The van der Waals surface area contributed by atoms with Gasteiger partial charge in [0.15, 0.2) is 5.79 Å². The van der Waals surface area contributed by atoms with Crippen molar-refractivity contribution in [3.8, 4) is 0 Å². The summed E-state index contributed by atoms with van der Waals surface area (Å²) in [6, 6.07) is 3.23. The molecule has 22 heavy (non-hydrogen) atoms. The second kappa shape index (κ2) is 6.07. The number of aryl methyl sites for hydroxylation is 1. The average Bonchev–Trinajstić information content (AvgIpc) is 3.15. The van der Waals surface area contributed by atoms with Gasteiger partial charge in [0.05, 0.1) is 13.2 Å². The first-order valence-electron chi connectivity index (χ1n) is 6.83. The number of aliphatic hydroxyl groups is 1. The van der Waals surface area contributed by atoms with Gasteiger partial charge in [0.25, 0.3) is 0 Å². The molecule has 0 unspecified atom stereocenters. The minimum absolute atomic E-state index is 0.102. The third-order valence-corrected chi connectivity index (χ3v) is 3.54. The molecule has 2 aromatic rings. The van der Waals surface area contributed by atoms with Gasteiger partial charge in [0.1, 0.15) is 30.4 Å². The van der Waals surface area contributed by atoms with Crippen molar-refractivity contribution < 1.29 is 23.4 Å². The van der Waals surface area contributed by atoms with Crippen LogP contribution in [0.1, 0.15) is 12.0 Å². The maximum absolute atomic E-state index is 14.1.